The maximum atomic E-state index is 12.3. The van der Waals surface area contributed by atoms with Crippen LogP contribution in [0.5, 0.6) is 0 Å². The number of hydrogen-bond donors (Lipinski definition) is 0. The highest BCUT2D eigenvalue weighted by Gasteiger charge is 2.27. The molecule has 2 rings (SSSR count). The second-order valence-electron chi connectivity index (χ2n) is 4.09. The summed E-state index contributed by atoms with van der Waals surface area (Å²) in [5.74, 6) is 0.0689. The molecule has 1 aromatic rings. The number of halogens is 2. The number of nitrogens with zero attached hydrogens (tertiary/aromatic N) is 1. The maximum Gasteiger partial charge on any atom is 0.255 e. The van der Waals surface area contributed by atoms with E-state index >= 15 is 0 Å². The molecule has 1 heterocycles. The van der Waals surface area contributed by atoms with E-state index < -0.39 is 0 Å². The molecule has 86 valence electrons. The molecule has 1 aromatic carbocycles. The fourth-order valence-electron chi connectivity index (χ4n) is 2.06. The van der Waals surface area contributed by atoms with Crippen LogP contribution in [0.15, 0.2) is 22.7 Å². The first kappa shape index (κ1) is 11.9. The smallest absolute Gasteiger partial charge is 0.255 e. The highest BCUT2D eigenvalue weighted by molar-refractivity contribution is 9.10. The first-order valence-corrected chi connectivity index (χ1v) is 6.53. The zero-order valence-corrected chi connectivity index (χ0v) is 11.4. The molecule has 1 saturated heterocycles. The van der Waals surface area contributed by atoms with E-state index in [0.29, 0.717) is 21.1 Å². The lowest BCUT2D eigenvalue weighted by atomic mass is 10.2. The Morgan fingerprint density at radius 2 is 2.31 bits per heavy atom. The Labute approximate surface area is 109 Å². The van der Waals surface area contributed by atoms with Crippen LogP contribution in [0.2, 0.25) is 5.02 Å². The van der Waals surface area contributed by atoms with Crippen molar-refractivity contribution in [2.45, 2.75) is 25.8 Å². The average Bonchev–Trinajstić information content (AvgIpc) is 2.68. The van der Waals surface area contributed by atoms with E-state index in [1.165, 1.54) is 0 Å². The molecule has 0 aliphatic carbocycles. The zero-order valence-electron chi connectivity index (χ0n) is 9.04. The molecule has 2 nitrogen and oxygen atoms in total. The van der Waals surface area contributed by atoms with Gasteiger partial charge >= 0.3 is 0 Å². The molecular weight excluding hydrogens is 289 g/mol. The van der Waals surface area contributed by atoms with Crippen molar-refractivity contribution < 1.29 is 4.79 Å². The van der Waals surface area contributed by atoms with Crippen LogP contribution in [0.1, 0.15) is 30.1 Å². The Balaban J connectivity index is 2.30. The largest absolute Gasteiger partial charge is 0.336 e. The summed E-state index contributed by atoms with van der Waals surface area (Å²) in [6.07, 6.45) is 2.18. The molecular formula is C12H13BrClNO. The third-order valence-corrected chi connectivity index (χ3v) is 4.39. The van der Waals surface area contributed by atoms with Gasteiger partial charge in [-0.15, -0.1) is 0 Å². The number of rotatable bonds is 1. The number of benzene rings is 1. The van der Waals surface area contributed by atoms with Crippen molar-refractivity contribution in [2.24, 2.45) is 0 Å². The van der Waals surface area contributed by atoms with Crippen molar-refractivity contribution >= 4 is 33.4 Å². The summed E-state index contributed by atoms with van der Waals surface area (Å²) in [5.41, 5.74) is 0.654. The molecule has 0 unspecified atom stereocenters. The SMILES string of the molecule is C[C@H]1CCCN1C(=O)c1cccc(Cl)c1Br. The summed E-state index contributed by atoms with van der Waals surface area (Å²) in [6.45, 7) is 2.93. The fraction of sp³-hybridized carbons (Fsp3) is 0.417. The summed E-state index contributed by atoms with van der Waals surface area (Å²) in [6, 6.07) is 5.72. The standard InChI is InChI=1S/C12H13BrClNO/c1-8-4-3-7-15(8)12(16)9-5-2-6-10(14)11(9)13/h2,5-6,8H,3-4,7H2,1H3/t8-/m0/s1. The molecule has 0 radical (unpaired) electrons. The molecule has 1 fully saturated rings. The molecule has 1 amide bonds. The highest BCUT2D eigenvalue weighted by atomic mass is 79.9. The van der Waals surface area contributed by atoms with Gasteiger partial charge in [0.15, 0.2) is 0 Å². The Morgan fingerprint density at radius 1 is 1.56 bits per heavy atom. The van der Waals surface area contributed by atoms with E-state index in [-0.39, 0.29) is 5.91 Å². The molecule has 1 aliphatic rings. The predicted octanol–water partition coefficient (Wildman–Crippen LogP) is 3.73. The monoisotopic (exact) mass is 301 g/mol. The fourth-order valence-corrected chi connectivity index (χ4v) is 2.67. The number of carbonyl (C=O) groups is 1. The lowest BCUT2D eigenvalue weighted by Gasteiger charge is -2.22. The van der Waals surface area contributed by atoms with Crippen molar-refractivity contribution in [2.75, 3.05) is 6.54 Å². The maximum absolute atomic E-state index is 12.3. The van der Waals surface area contributed by atoms with Gasteiger partial charge in [-0.1, -0.05) is 17.7 Å². The van der Waals surface area contributed by atoms with Gasteiger partial charge in [0.1, 0.15) is 0 Å². The highest BCUT2D eigenvalue weighted by Crippen LogP contribution is 2.29. The van der Waals surface area contributed by atoms with Crippen molar-refractivity contribution in [3.63, 3.8) is 0 Å². The summed E-state index contributed by atoms with van der Waals surface area (Å²) >= 11 is 9.35. The van der Waals surface area contributed by atoms with Crippen LogP contribution < -0.4 is 0 Å². The second kappa shape index (κ2) is 4.76. The van der Waals surface area contributed by atoms with Gasteiger partial charge in [0.05, 0.1) is 10.6 Å². The Kier molecular flexibility index (Phi) is 3.55. The number of likely N-dealkylation sites (tertiary alicyclic amines) is 1. The minimum Gasteiger partial charge on any atom is -0.336 e. The van der Waals surface area contributed by atoms with Crippen LogP contribution in [0.3, 0.4) is 0 Å². The van der Waals surface area contributed by atoms with Gasteiger partial charge in [-0.2, -0.15) is 0 Å². The van der Waals surface area contributed by atoms with E-state index in [2.05, 4.69) is 22.9 Å². The van der Waals surface area contributed by atoms with E-state index in [9.17, 15) is 4.79 Å². The van der Waals surface area contributed by atoms with Crippen LogP contribution in [0.4, 0.5) is 0 Å². The lowest BCUT2D eigenvalue weighted by Crippen LogP contribution is -2.33. The van der Waals surface area contributed by atoms with E-state index in [0.717, 1.165) is 19.4 Å². The molecule has 16 heavy (non-hydrogen) atoms. The Morgan fingerprint density at radius 3 is 2.94 bits per heavy atom. The molecule has 1 aliphatic heterocycles. The summed E-state index contributed by atoms with van der Waals surface area (Å²) in [5, 5.41) is 0.581. The number of amides is 1. The summed E-state index contributed by atoms with van der Waals surface area (Å²) in [4.78, 5) is 14.2. The van der Waals surface area contributed by atoms with Crippen LogP contribution in [0, 0.1) is 0 Å². The lowest BCUT2D eigenvalue weighted by molar-refractivity contribution is 0.0746. The quantitative estimate of drug-likeness (QED) is 0.774. The molecule has 0 saturated carbocycles. The van der Waals surface area contributed by atoms with E-state index in [4.69, 9.17) is 11.6 Å². The van der Waals surface area contributed by atoms with E-state index in [1.54, 1.807) is 12.1 Å². The van der Waals surface area contributed by atoms with Crippen molar-refractivity contribution in [1.82, 2.24) is 4.90 Å². The Bertz CT molecular complexity index is 421. The first-order chi connectivity index (χ1) is 7.61. The predicted molar refractivity (Wildman–Crippen MR) is 68.9 cm³/mol. The molecule has 0 N–H and O–H groups in total. The zero-order chi connectivity index (χ0) is 11.7. The van der Waals surface area contributed by atoms with Gasteiger partial charge in [-0.25, -0.2) is 0 Å². The van der Waals surface area contributed by atoms with Gasteiger partial charge in [-0.3, -0.25) is 4.79 Å². The van der Waals surface area contributed by atoms with Crippen molar-refractivity contribution in [3.8, 4) is 0 Å². The third kappa shape index (κ3) is 2.11. The third-order valence-electron chi connectivity index (χ3n) is 3.00. The molecule has 0 spiro atoms. The normalized spacial score (nSPS) is 20.2. The van der Waals surface area contributed by atoms with Crippen molar-refractivity contribution in [3.05, 3.63) is 33.3 Å². The summed E-state index contributed by atoms with van der Waals surface area (Å²) < 4.78 is 0.695. The van der Waals surface area contributed by atoms with Gasteiger partial charge in [0.25, 0.3) is 5.91 Å². The van der Waals surface area contributed by atoms with Crippen LogP contribution in [-0.2, 0) is 0 Å². The molecule has 0 aromatic heterocycles. The van der Waals surface area contributed by atoms with Crippen LogP contribution in [0.25, 0.3) is 0 Å². The second-order valence-corrected chi connectivity index (χ2v) is 5.29. The molecule has 4 heteroatoms. The van der Waals surface area contributed by atoms with Gasteiger partial charge in [0.2, 0.25) is 0 Å². The topological polar surface area (TPSA) is 20.3 Å². The number of hydrogen-bond acceptors (Lipinski definition) is 1. The minimum absolute atomic E-state index is 0.0689. The van der Waals surface area contributed by atoms with Crippen molar-refractivity contribution in [1.29, 1.82) is 0 Å². The molecule has 0 bridgehead atoms. The van der Waals surface area contributed by atoms with Crippen LogP contribution >= 0.6 is 27.5 Å². The van der Waals surface area contributed by atoms with Gasteiger partial charge in [0, 0.05) is 17.1 Å². The van der Waals surface area contributed by atoms with Gasteiger partial charge in [-0.05, 0) is 47.8 Å². The average molecular weight is 303 g/mol. The minimum atomic E-state index is 0.0689. The van der Waals surface area contributed by atoms with Crippen LogP contribution in [-0.4, -0.2) is 23.4 Å². The number of carbonyl (C=O) groups excluding carboxylic acids is 1. The first-order valence-electron chi connectivity index (χ1n) is 5.36. The Hall–Kier alpha value is -0.540. The van der Waals surface area contributed by atoms with Gasteiger partial charge < -0.3 is 4.90 Å². The summed E-state index contributed by atoms with van der Waals surface area (Å²) in [7, 11) is 0. The molecule has 1 atom stereocenters. The van der Waals surface area contributed by atoms with E-state index in [1.807, 2.05) is 11.0 Å².